The third-order valence-corrected chi connectivity index (χ3v) is 6.30. The van der Waals surface area contributed by atoms with Crippen molar-refractivity contribution in [1.29, 1.82) is 0 Å². The van der Waals surface area contributed by atoms with Crippen LogP contribution in [-0.2, 0) is 17.6 Å². The van der Waals surface area contributed by atoms with Gasteiger partial charge in [0.05, 0.1) is 18.5 Å². The SMILES string of the molecule is CC[C@H]1CCc2sc(C(=O)N(C)CC(=O)Nc3ccc(OC)cc3)cc2C1. The average Bonchev–Trinajstić information content (AvgIpc) is 3.10. The molecule has 1 aliphatic rings. The van der Waals surface area contributed by atoms with Gasteiger partial charge in [-0.2, -0.15) is 0 Å². The number of carbonyl (C=O) groups excluding carboxylic acids is 2. The molecular formula is C21H26N2O3S. The number of fused-ring (bicyclic) bond motifs is 1. The lowest BCUT2D eigenvalue weighted by atomic mass is 9.87. The molecule has 0 fully saturated rings. The third-order valence-electron chi connectivity index (χ3n) is 5.07. The van der Waals surface area contributed by atoms with Gasteiger partial charge in [-0.05, 0) is 61.1 Å². The highest BCUT2D eigenvalue weighted by molar-refractivity contribution is 7.14. The Hall–Kier alpha value is -2.34. The zero-order valence-electron chi connectivity index (χ0n) is 16.1. The quantitative estimate of drug-likeness (QED) is 0.817. The molecule has 1 aromatic heterocycles. The normalized spacial score (nSPS) is 15.7. The van der Waals surface area contributed by atoms with E-state index in [0.29, 0.717) is 5.69 Å². The minimum absolute atomic E-state index is 0.0189. The number of methoxy groups -OCH3 is 1. The van der Waals surface area contributed by atoms with Crippen molar-refractivity contribution < 1.29 is 14.3 Å². The van der Waals surface area contributed by atoms with Gasteiger partial charge in [-0.1, -0.05) is 13.3 Å². The van der Waals surface area contributed by atoms with Gasteiger partial charge in [0.2, 0.25) is 5.91 Å². The van der Waals surface area contributed by atoms with Crippen molar-refractivity contribution in [3.05, 3.63) is 45.6 Å². The van der Waals surface area contributed by atoms with Crippen LogP contribution in [0.1, 0.15) is 39.9 Å². The number of likely N-dealkylation sites (N-methyl/N-ethyl adjacent to an activating group) is 1. The molecule has 2 aromatic rings. The molecule has 6 heteroatoms. The van der Waals surface area contributed by atoms with Crippen molar-refractivity contribution >= 4 is 28.8 Å². The number of thiophene rings is 1. The Labute approximate surface area is 164 Å². The molecule has 0 radical (unpaired) electrons. The van der Waals surface area contributed by atoms with Crippen LogP contribution in [0, 0.1) is 5.92 Å². The first kappa shape index (κ1) is 19.4. The molecule has 0 saturated heterocycles. The molecule has 0 spiro atoms. The van der Waals surface area contributed by atoms with E-state index >= 15 is 0 Å². The second-order valence-corrected chi connectivity index (χ2v) is 8.15. The van der Waals surface area contributed by atoms with Crippen molar-refractivity contribution in [3.63, 3.8) is 0 Å². The van der Waals surface area contributed by atoms with E-state index in [0.717, 1.165) is 29.4 Å². The van der Waals surface area contributed by atoms with Crippen LogP contribution in [0.25, 0.3) is 0 Å². The van der Waals surface area contributed by atoms with Gasteiger partial charge in [-0.25, -0.2) is 0 Å². The molecule has 1 atom stereocenters. The van der Waals surface area contributed by atoms with Crippen LogP contribution in [-0.4, -0.2) is 37.4 Å². The molecule has 3 rings (SSSR count). The van der Waals surface area contributed by atoms with Crippen LogP contribution in [0.5, 0.6) is 5.75 Å². The largest absolute Gasteiger partial charge is 0.497 e. The van der Waals surface area contributed by atoms with Crippen LogP contribution in [0.3, 0.4) is 0 Å². The third kappa shape index (κ3) is 4.69. The fourth-order valence-electron chi connectivity index (χ4n) is 3.40. The fourth-order valence-corrected chi connectivity index (χ4v) is 4.61. The van der Waals surface area contributed by atoms with E-state index in [1.807, 2.05) is 6.07 Å². The van der Waals surface area contributed by atoms with Crippen LogP contribution in [0.15, 0.2) is 30.3 Å². The minimum Gasteiger partial charge on any atom is -0.497 e. The Morgan fingerprint density at radius 3 is 2.70 bits per heavy atom. The smallest absolute Gasteiger partial charge is 0.264 e. The summed E-state index contributed by atoms with van der Waals surface area (Å²) in [5.41, 5.74) is 2.00. The van der Waals surface area contributed by atoms with Gasteiger partial charge in [0.15, 0.2) is 0 Å². The number of hydrogen-bond acceptors (Lipinski definition) is 4. The molecule has 27 heavy (non-hydrogen) atoms. The summed E-state index contributed by atoms with van der Waals surface area (Å²) >= 11 is 1.58. The monoisotopic (exact) mass is 386 g/mol. The Morgan fingerprint density at radius 2 is 2.04 bits per heavy atom. The van der Waals surface area contributed by atoms with Crippen molar-refractivity contribution in [2.75, 3.05) is 26.0 Å². The second kappa shape index (κ2) is 8.57. The zero-order valence-corrected chi connectivity index (χ0v) is 16.9. The van der Waals surface area contributed by atoms with Gasteiger partial charge in [0.25, 0.3) is 5.91 Å². The lowest BCUT2D eigenvalue weighted by Crippen LogP contribution is -2.34. The number of hydrogen-bond donors (Lipinski definition) is 1. The molecule has 5 nitrogen and oxygen atoms in total. The summed E-state index contributed by atoms with van der Waals surface area (Å²) in [4.78, 5) is 28.5. The highest BCUT2D eigenvalue weighted by atomic mass is 32.1. The number of carbonyl (C=O) groups is 2. The molecule has 0 unspecified atom stereocenters. The molecule has 0 saturated carbocycles. The summed E-state index contributed by atoms with van der Waals surface area (Å²) < 4.78 is 5.10. The van der Waals surface area contributed by atoms with E-state index in [-0.39, 0.29) is 18.4 Å². The summed E-state index contributed by atoms with van der Waals surface area (Å²) in [5.74, 6) is 1.14. The molecule has 0 aliphatic heterocycles. The summed E-state index contributed by atoms with van der Waals surface area (Å²) in [6, 6.07) is 9.14. The summed E-state index contributed by atoms with van der Waals surface area (Å²) in [6.07, 6.45) is 4.52. The Kier molecular flexibility index (Phi) is 6.16. The van der Waals surface area contributed by atoms with Gasteiger partial charge >= 0.3 is 0 Å². The van der Waals surface area contributed by atoms with Crippen molar-refractivity contribution in [2.45, 2.75) is 32.6 Å². The highest BCUT2D eigenvalue weighted by Gasteiger charge is 2.24. The summed E-state index contributed by atoms with van der Waals surface area (Å²) in [7, 11) is 3.27. The molecule has 1 heterocycles. The van der Waals surface area contributed by atoms with Crippen LogP contribution in [0.2, 0.25) is 0 Å². The van der Waals surface area contributed by atoms with Gasteiger partial charge in [-0.15, -0.1) is 11.3 Å². The van der Waals surface area contributed by atoms with Gasteiger partial charge in [0.1, 0.15) is 5.75 Å². The predicted octanol–water partition coefficient (Wildman–Crippen LogP) is 3.98. The first-order valence-electron chi connectivity index (χ1n) is 9.31. The van der Waals surface area contributed by atoms with Gasteiger partial charge in [-0.3, -0.25) is 9.59 Å². The number of benzene rings is 1. The zero-order chi connectivity index (χ0) is 19.4. The van der Waals surface area contributed by atoms with Gasteiger partial charge < -0.3 is 15.0 Å². The van der Waals surface area contributed by atoms with Crippen LogP contribution >= 0.6 is 11.3 Å². The van der Waals surface area contributed by atoms with E-state index in [2.05, 4.69) is 12.2 Å². The maximum atomic E-state index is 12.7. The highest BCUT2D eigenvalue weighted by Crippen LogP contribution is 2.33. The molecular weight excluding hydrogens is 360 g/mol. The van der Waals surface area contributed by atoms with E-state index in [1.165, 1.54) is 28.2 Å². The molecule has 2 amide bonds. The molecule has 1 N–H and O–H groups in total. The first-order chi connectivity index (χ1) is 13.0. The standard InChI is InChI=1S/C21H26N2O3S/c1-4-14-5-10-18-15(11-14)12-19(27-18)21(25)23(2)13-20(24)22-16-6-8-17(26-3)9-7-16/h6-9,12,14H,4-5,10-11,13H2,1-3H3,(H,22,24)/t14-/m0/s1. The summed E-state index contributed by atoms with van der Waals surface area (Å²) in [5, 5.41) is 2.81. The number of aryl methyl sites for hydroxylation is 1. The van der Waals surface area contributed by atoms with Crippen LogP contribution < -0.4 is 10.1 Å². The molecule has 0 bridgehead atoms. The molecule has 144 valence electrons. The number of nitrogens with one attached hydrogen (secondary N) is 1. The second-order valence-electron chi connectivity index (χ2n) is 7.01. The molecule has 1 aromatic carbocycles. The topological polar surface area (TPSA) is 58.6 Å². The lowest BCUT2D eigenvalue weighted by Gasteiger charge is -2.19. The minimum atomic E-state index is -0.219. The number of anilines is 1. The fraction of sp³-hybridized carbons (Fsp3) is 0.429. The Morgan fingerprint density at radius 1 is 1.30 bits per heavy atom. The number of ether oxygens (including phenoxy) is 1. The molecule has 1 aliphatic carbocycles. The Bertz CT molecular complexity index is 813. The van der Waals surface area contributed by atoms with E-state index < -0.39 is 0 Å². The Balaban J connectivity index is 1.58. The summed E-state index contributed by atoms with van der Waals surface area (Å²) in [6.45, 7) is 2.24. The predicted molar refractivity (Wildman–Crippen MR) is 109 cm³/mol. The maximum absolute atomic E-state index is 12.7. The first-order valence-corrected chi connectivity index (χ1v) is 10.1. The van der Waals surface area contributed by atoms with Gasteiger partial charge in [0, 0.05) is 17.6 Å². The van der Waals surface area contributed by atoms with Crippen molar-refractivity contribution in [2.24, 2.45) is 5.92 Å². The lowest BCUT2D eigenvalue weighted by molar-refractivity contribution is -0.116. The number of rotatable bonds is 6. The number of nitrogens with zero attached hydrogens (tertiary/aromatic N) is 1. The number of amides is 2. The van der Waals surface area contributed by atoms with E-state index in [9.17, 15) is 9.59 Å². The van der Waals surface area contributed by atoms with Crippen LogP contribution in [0.4, 0.5) is 5.69 Å². The van der Waals surface area contributed by atoms with Crippen molar-refractivity contribution in [3.8, 4) is 5.75 Å². The van der Waals surface area contributed by atoms with E-state index in [1.54, 1.807) is 49.8 Å². The average molecular weight is 387 g/mol. The van der Waals surface area contributed by atoms with Crippen molar-refractivity contribution in [1.82, 2.24) is 4.90 Å². The maximum Gasteiger partial charge on any atom is 0.264 e. The van der Waals surface area contributed by atoms with E-state index in [4.69, 9.17) is 4.74 Å².